The molecule has 2 amide bonds. The molecule has 3 aromatic carbocycles. The Bertz CT molecular complexity index is 1050. The van der Waals surface area contributed by atoms with E-state index in [1.807, 2.05) is 12.1 Å². The summed E-state index contributed by atoms with van der Waals surface area (Å²) in [5.41, 5.74) is 4.07. The number of anilines is 1. The molecule has 0 aliphatic carbocycles. The molecule has 0 bridgehead atoms. The normalized spacial score (nSPS) is 10.6. The Kier molecular flexibility index (Phi) is 7.13. The number of halogens is 2. The first-order chi connectivity index (χ1) is 14.5. The summed E-state index contributed by atoms with van der Waals surface area (Å²) < 4.78 is 18.6. The van der Waals surface area contributed by atoms with Crippen LogP contribution in [0.2, 0.25) is 5.02 Å². The van der Waals surface area contributed by atoms with Crippen LogP contribution in [-0.2, 0) is 16.2 Å². The van der Waals surface area contributed by atoms with Crippen molar-refractivity contribution in [2.24, 2.45) is 5.10 Å². The zero-order chi connectivity index (χ0) is 21.3. The van der Waals surface area contributed by atoms with Gasteiger partial charge in [-0.15, -0.1) is 0 Å². The van der Waals surface area contributed by atoms with Crippen LogP contribution in [0.25, 0.3) is 0 Å². The van der Waals surface area contributed by atoms with E-state index in [-0.39, 0.29) is 0 Å². The molecular formula is C22H17ClFN3O3. The van der Waals surface area contributed by atoms with Crippen LogP contribution in [0.3, 0.4) is 0 Å². The van der Waals surface area contributed by atoms with Crippen molar-refractivity contribution >= 4 is 35.3 Å². The van der Waals surface area contributed by atoms with Crippen molar-refractivity contribution < 1.29 is 18.7 Å². The third-order valence-corrected chi connectivity index (χ3v) is 4.12. The Balaban J connectivity index is 1.51. The molecule has 0 unspecified atom stereocenters. The Morgan fingerprint density at radius 2 is 1.73 bits per heavy atom. The van der Waals surface area contributed by atoms with Crippen LogP contribution in [0, 0.1) is 5.82 Å². The fourth-order valence-electron chi connectivity index (χ4n) is 2.37. The summed E-state index contributed by atoms with van der Waals surface area (Å²) in [6.07, 6.45) is 1.39. The lowest BCUT2D eigenvalue weighted by Gasteiger charge is -2.07. The predicted molar refractivity (Wildman–Crippen MR) is 113 cm³/mol. The SMILES string of the molecule is O=C(N/N=C/c1cccc(OCc2ccc(Cl)cc2)c1)C(=O)Nc1ccc(F)cc1. The first-order valence-electron chi connectivity index (χ1n) is 8.87. The van der Waals surface area contributed by atoms with Gasteiger partial charge in [0.1, 0.15) is 18.2 Å². The molecule has 2 N–H and O–H groups in total. The summed E-state index contributed by atoms with van der Waals surface area (Å²) in [6.45, 7) is 0.373. The number of benzene rings is 3. The van der Waals surface area contributed by atoms with Crippen molar-refractivity contribution in [3.8, 4) is 5.75 Å². The van der Waals surface area contributed by atoms with E-state index in [4.69, 9.17) is 16.3 Å². The van der Waals surface area contributed by atoms with Crippen molar-refractivity contribution in [2.45, 2.75) is 6.61 Å². The van der Waals surface area contributed by atoms with E-state index in [0.717, 1.165) is 5.56 Å². The number of hydrazone groups is 1. The highest BCUT2D eigenvalue weighted by Gasteiger charge is 2.12. The number of nitrogens with one attached hydrogen (secondary N) is 2. The Hall–Kier alpha value is -3.71. The van der Waals surface area contributed by atoms with E-state index in [2.05, 4.69) is 15.8 Å². The minimum atomic E-state index is -0.953. The Labute approximate surface area is 177 Å². The average molecular weight is 426 g/mol. The van der Waals surface area contributed by atoms with Gasteiger partial charge in [-0.2, -0.15) is 5.10 Å². The van der Waals surface area contributed by atoms with Gasteiger partial charge < -0.3 is 10.1 Å². The second kappa shape index (κ2) is 10.2. The maximum Gasteiger partial charge on any atom is 0.329 e. The summed E-state index contributed by atoms with van der Waals surface area (Å²) in [6, 6.07) is 19.5. The van der Waals surface area contributed by atoms with Gasteiger partial charge in [-0.25, -0.2) is 9.82 Å². The highest BCUT2D eigenvalue weighted by Crippen LogP contribution is 2.16. The summed E-state index contributed by atoms with van der Waals surface area (Å²) in [5, 5.41) is 6.77. The maximum atomic E-state index is 12.9. The molecule has 0 radical (unpaired) electrons. The fourth-order valence-corrected chi connectivity index (χ4v) is 2.50. The van der Waals surface area contributed by atoms with Crippen LogP contribution in [0.1, 0.15) is 11.1 Å². The number of carbonyl (C=O) groups is 2. The van der Waals surface area contributed by atoms with Gasteiger partial charge in [-0.3, -0.25) is 9.59 Å². The third-order valence-electron chi connectivity index (χ3n) is 3.86. The van der Waals surface area contributed by atoms with E-state index in [1.165, 1.54) is 30.5 Å². The lowest BCUT2D eigenvalue weighted by Crippen LogP contribution is -2.32. The molecule has 8 heteroatoms. The van der Waals surface area contributed by atoms with Gasteiger partial charge in [0.25, 0.3) is 0 Å². The van der Waals surface area contributed by atoms with Crippen molar-refractivity contribution in [3.05, 3.63) is 94.8 Å². The predicted octanol–water partition coefficient (Wildman–Crippen LogP) is 4.15. The van der Waals surface area contributed by atoms with Gasteiger partial charge in [0.2, 0.25) is 0 Å². The zero-order valence-corrected chi connectivity index (χ0v) is 16.4. The van der Waals surface area contributed by atoms with Crippen LogP contribution >= 0.6 is 11.6 Å². The number of rotatable bonds is 6. The highest BCUT2D eigenvalue weighted by molar-refractivity contribution is 6.39. The molecule has 3 aromatic rings. The lowest BCUT2D eigenvalue weighted by molar-refractivity contribution is -0.136. The van der Waals surface area contributed by atoms with E-state index >= 15 is 0 Å². The summed E-state index contributed by atoms with van der Waals surface area (Å²) in [4.78, 5) is 23.6. The van der Waals surface area contributed by atoms with Gasteiger partial charge in [-0.1, -0.05) is 35.9 Å². The summed E-state index contributed by atoms with van der Waals surface area (Å²) >= 11 is 5.86. The quantitative estimate of drug-likeness (QED) is 0.354. The third kappa shape index (κ3) is 6.42. The molecule has 0 saturated carbocycles. The number of nitrogens with zero attached hydrogens (tertiary/aromatic N) is 1. The van der Waals surface area contributed by atoms with E-state index < -0.39 is 17.6 Å². The number of hydrogen-bond acceptors (Lipinski definition) is 4. The summed E-state index contributed by atoms with van der Waals surface area (Å²) in [7, 11) is 0. The van der Waals surface area contributed by atoms with Gasteiger partial charge in [0, 0.05) is 10.7 Å². The molecule has 0 heterocycles. The standard InChI is InChI=1S/C22H17ClFN3O3/c23-17-6-4-15(5-7-17)14-30-20-3-1-2-16(12-20)13-25-27-22(29)21(28)26-19-10-8-18(24)9-11-19/h1-13H,14H2,(H,26,28)(H,27,29)/b25-13+. The second-order valence-corrected chi connectivity index (χ2v) is 6.58. The summed E-state index contributed by atoms with van der Waals surface area (Å²) in [5.74, 6) is -1.69. The molecule has 0 fully saturated rings. The maximum absolute atomic E-state index is 12.9. The molecule has 3 rings (SSSR count). The van der Waals surface area contributed by atoms with E-state index in [1.54, 1.807) is 36.4 Å². The van der Waals surface area contributed by atoms with Gasteiger partial charge >= 0.3 is 11.8 Å². The molecule has 0 aliphatic heterocycles. The fraction of sp³-hybridized carbons (Fsp3) is 0.0455. The number of carbonyl (C=O) groups excluding carboxylic acids is 2. The molecule has 0 atom stereocenters. The second-order valence-electron chi connectivity index (χ2n) is 6.15. The average Bonchev–Trinajstić information content (AvgIpc) is 2.75. The molecule has 0 aliphatic rings. The topological polar surface area (TPSA) is 79.8 Å². The van der Waals surface area contributed by atoms with Crippen molar-refractivity contribution in [1.29, 1.82) is 0 Å². The highest BCUT2D eigenvalue weighted by atomic mass is 35.5. The monoisotopic (exact) mass is 425 g/mol. The van der Waals surface area contributed by atoms with Crippen LogP contribution in [0.5, 0.6) is 5.75 Å². The number of ether oxygens (including phenoxy) is 1. The smallest absolute Gasteiger partial charge is 0.329 e. The van der Waals surface area contributed by atoms with Crippen molar-refractivity contribution in [3.63, 3.8) is 0 Å². The molecule has 152 valence electrons. The number of hydrogen-bond donors (Lipinski definition) is 2. The van der Waals surface area contributed by atoms with Gasteiger partial charge in [-0.05, 0) is 59.7 Å². The molecule has 6 nitrogen and oxygen atoms in total. The van der Waals surface area contributed by atoms with Gasteiger partial charge in [0.15, 0.2) is 0 Å². The first kappa shape index (κ1) is 21.0. The lowest BCUT2D eigenvalue weighted by atomic mass is 10.2. The Morgan fingerprint density at radius 1 is 1.00 bits per heavy atom. The van der Waals surface area contributed by atoms with Crippen LogP contribution in [0.4, 0.5) is 10.1 Å². The van der Waals surface area contributed by atoms with Gasteiger partial charge in [0.05, 0.1) is 6.21 Å². The van der Waals surface area contributed by atoms with Crippen LogP contribution in [-0.4, -0.2) is 18.0 Å². The van der Waals surface area contributed by atoms with Crippen molar-refractivity contribution in [1.82, 2.24) is 5.43 Å². The minimum absolute atomic E-state index is 0.297. The molecule has 30 heavy (non-hydrogen) atoms. The zero-order valence-electron chi connectivity index (χ0n) is 15.6. The molecular weight excluding hydrogens is 409 g/mol. The molecule has 0 aromatic heterocycles. The number of amides is 2. The Morgan fingerprint density at radius 3 is 2.47 bits per heavy atom. The first-order valence-corrected chi connectivity index (χ1v) is 9.25. The largest absolute Gasteiger partial charge is 0.489 e. The molecule has 0 spiro atoms. The van der Waals surface area contributed by atoms with Crippen molar-refractivity contribution in [2.75, 3.05) is 5.32 Å². The minimum Gasteiger partial charge on any atom is -0.489 e. The van der Waals surface area contributed by atoms with Crippen LogP contribution < -0.4 is 15.5 Å². The van der Waals surface area contributed by atoms with Crippen LogP contribution in [0.15, 0.2) is 77.9 Å². The van der Waals surface area contributed by atoms with E-state index in [9.17, 15) is 14.0 Å². The molecule has 0 saturated heterocycles. The van der Waals surface area contributed by atoms with E-state index in [0.29, 0.717) is 28.6 Å².